The number of hydrogen-bond acceptors (Lipinski definition) is 2. The van der Waals surface area contributed by atoms with Gasteiger partial charge in [-0.25, -0.2) is 4.39 Å². The molecule has 5 heteroatoms. The lowest BCUT2D eigenvalue weighted by molar-refractivity contribution is -0.134. The van der Waals surface area contributed by atoms with Crippen LogP contribution in [0.4, 0.5) is 4.39 Å². The molecule has 0 aromatic heterocycles. The van der Waals surface area contributed by atoms with Gasteiger partial charge in [-0.05, 0) is 48.6 Å². The van der Waals surface area contributed by atoms with E-state index in [9.17, 15) is 14.0 Å². The third-order valence-corrected chi connectivity index (χ3v) is 5.36. The summed E-state index contributed by atoms with van der Waals surface area (Å²) >= 11 is 0. The van der Waals surface area contributed by atoms with Crippen LogP contribution in [0.15, 0.2) is 60.7 Å². The van der Waals surface area contributed by atoms with Crippen molar-refractivity contribution in [2.24, 2.45) is 0 Å². The maximum Gasteiger partial charge on any atom is 0.244 e. The van der Waals surface area contributed by atoms with E-state index in [0.29, 0.717) is 13.1 Å². The van der Waals surface area contributed by atoms with Crippen molar-refractivity contribution in [1.82, 2.24) is 10.2 Å². The fourth-order valence-electron chi connectivity index (χ4n) is 3.70. The molecule has 3 rings (SSSR count). The summed E-state index contributed by atoms with van der Waals surface area (Å²) in [6, 6.07) is 15.9. The summed E-state index contributed by atoms with van der Waals surface area (Å²) in [5.41, 5.74) is 1.83. The number of halogens is 1. The van der Waals surface area contributed by atoms with Crippen molar-refractivity contribution in [1.29, 1.82) is 0 Å². The van der Waals surface area contributed by atoms with Gasteiger partial charge in [0.15, 0.2) is 0 Å². The number of nitrogens with zero attached hydrogens (tertiary/aromatic N) is 1. The van der Waals surface area contributed by atoms with Gasteiger partial charge in [0, 0.05) is 25.2 Å². The van der Waals surface area contributed by atoms with Gasteiger partial charge in [-0.15, -0.1) is 0 Å². The van der Waals surface area contributed by atoms with Gasteiger partial charge in [0.2, 0.25) is 11.8 Å². The minimum absolute atomic E-state index is 0.0567. The van der Waals surface area contributed by atoms with Crippen LogP contribution in [0.2, 0.25) is 0 Å². The normalized spacial score (nSPS) is 16.0. The van der Waals surface area contributed by atoms with Crippen molar-refractivity contribution in [3.8, 4) is 0 Å². The lowest BCUT2D eigenvalue weighted by Crippen LogP contribution is -2.47. The number of rotatable bonds is 6. The molecule has 0 spiro atoms. The zero-order valence-electron chi connectivity index (χ0n) is 16.7. The van der Waals surface area contributed by atoms with Gasteiger partial charge in [-0.3, -0.25) is 9.59 Å². The summed E-state index contributed by atoms with van der Waals surface area (Å²) in [6.07, 6.45) is 5.39. The Hall–Kier alpha value is -2.95. The SMILES string of the molecule is CCC(C(=O)N1CCC(NC(=O)/C=C/c2ccc(F)cc2)CC1)c1ccccc1. The summed E-state index contributed by atoms with van der Waals surface area (Å²) in [7, 11) is 0. The first-order valence-electron chi connectivity index (χ1n) is 10.1. The molecule has 1 saturated heterocycles. The molecule has 4 nitrogen and oxygen atoms in total. The van der Waals surface area contributed by atoms with Crippen molar-refractivity contribution in [2.45, 2.75) is 38.1 Å². The fourth-order valence-corrected chi connectivity index (χ4v) is 3.70. The molecule has 0 bridgehead atoms. The van der Waals surface area contributed by atoms with Crippen molar-refractivity contribution in [3.05, 3.63) is 77.6 Å². The van der Waals surface area contributed by atoms with Crippen LogP contribution in [0.1, 0.15) is 43.2 Å². The number of piperidine rings is 1. The molecule has 1 N–H and O–H groups in total. The zero-order valence-corrected chi connectivity index (χ0v) is 16.7. The molecule has 1 aliphatic rings. The molecule has 0 radical (unpaired) electrons. The number of hydrogen-bond donors (Lipinski definition) is 1. The van der Waals surface area contributed by atoms with Gasteiger partial charge in [-0.2, -0.15) is 0 Å². The summed E-state index contributed by atoms with van der Waals surface area (Å²) in [5.74, 6) is -0.416. The van der Waals surface area contributed by atoms with Gasteiger partial charge >= 0.3 is 0 Å². The summed E-state index contributed by atoms with van der Waals surface area (Å²) in [6.45, 7) is 3.33. The van der Waals surface area contributed by atoms with Crippen molar-refractivity contribution >= 4 is 17.9 Å². The van der Waals surface area contributed by atoms with Crippen molar-refractivity contribution in [3.63, 3.8) is 0 Å². The molecular weight excluding hydrogens is 367 g/mol. The van der Waals surface area contributed by atoms with Crippen LogP contribution >= 0.6 is 0 Å². The first kappa shape index (κ1) is 20.8. The second kappa shape index (κ2) is 10.0. The predicted octanol–water partition coefficient (Wildman–Crippen LogP) is 4.14. The quantitative estimate of drug-likeness (QED) is 0.749. The van der Waals surface area contributed by atoms with Gasteiger partial charge in [-0.1, -0.05) is 49.4 Å². The number of benzene rings is 2. The van der Waals surface area contributed by atoms with E-state index >= 15 is 0 Å². The van der Waals surface area contributed by atoms with E-state index < -0.39 is 0 Å². The van der Waals surface area contributed by atoms with Crippen LogP contribution in [-0.4, -0.2) is 35.8 Å². The molecule has 29 heavy (non-hydrogen) atoms. The molecule has 1 unspecified atom stereocenters. The number of likely N-dealkylation sites (tertiary alicyclic amines) is 1. The monoisotopic (exact) mass is 394 g/mol. The second-order valence-electron chi connectivity index (χ2n) is 7.36. The van der Waals surface area contributed by atoms with Crippen LogP contribution in [-0.2, 0) is 9.59 Å². The molecule has 2 aromatic rings. The molecule has 1 fully saturated rings. The summed E-state index contributed by atoms with van der Waals surface area (Å²) < 4.78 is 12.9. The van der Waals surface area contributed by atoms with Crippen molar-refractivity contribution < 1.29 is 14.0 Å². The average Bonchev–Trinajstić information content (AvgIpc) is 2.75. The molecule has 1 atom stereocenters. The predicted molar refractivity (Wildman–Crippen MR) is 113 cm³/mol. The Morgan fingerprint density at radius 3 is 2.38 bits per heavy atom. The van der Waals surface area contributed by atoms with Gasteiger partial charge in [0.25, 0.3) is 0 Å². The fraction of sp³-hybridized carbons (Fsp3) is 0.333. The van der Waals surface area contributed by atoms with Crippen LogP contribution in [0.25, 0.3) is 6.08 Å². The Morgan fingerprint density at radius 2 is 1.76 bits per heavy atom. The molecule has 152 valence electrons. The largest absolute Gasteiger partial charge is 0.350 e. The van der Waals surface area contributed by atoms with Crippen LogP contribution in [0, 0.1) is 5.82 Å². The van der Waals surface area contributed by atoms with Crippen molar-refractivity contribution in [2.75, 3.05) is 13.1 Å². The zero-order chi connectivity index (χ0) is 20.6. The molecule has 2 amide bonds. The van der Waals surface area contributed by atoms with Gasteiger partial charge < -0.3 is 10.2 Å². The van der Waals surface area contributed by atoms with E-state index in [1.807, 2.05) is 42.2 Å². The second-order valence-corrected chi connectivity index (χ2v) is 7.36. The van der Waals surface area contributed by atoms with E-state index in [0.717, 1.165) is 30.4 Å². The number of carbonyl (C=O) groups excluding carboxylic acids is 2. The van der Waals surface area contributed by atoms with E-state index in [-0.39, 0.29) is 29.6 Å². The first-order chi connectivity index (χ1) is 14.1. The first-order valence-corrected chi connectivity index (χ1v) is 10.1. The maximum atomic E-state index is 12.9. The molecule has 1 aliphatic heterocycles. The standard InChI is InChI=1S/C24H27FN2O2/c1-2-22(19-6-4-3-5-7-19)24(29)27-16-14-21(15-17-27)26-23(28)13-10-18-8-11-20(25)12-9-18/h3-13,21-22H,2,14-17H2,1H3,(H,26,28)/b13-10+. The Morgan fingerprint density at radius 1 is 1.10 bits per heavy atom. The Kier molecular flexibility index (Phi) is 7.17. The topological polar surface area (TPSA) is 49.4 Å². The van der Waals surface area contributed by atoms with Crippen LogP contribution in [0.5, 0.6) is 0 Å². The Balaban J connectivity index is 1.49. The highest BCUT2D eigenvalue weighted by atomic mass is 19.1. The minimum atomic E-state index is -0.300. The minimum Gasteiger partial charge on any atom is -0.350 e. The van der Waals surface area contributed by atoms with E-state index in [1.54, 1.807) is 18.2 Å². The van der Waals surface area contributed by atoms with E-state index in [2.05, 4.69) is 5.32 Å². The van der Waals surface area contributed by atoms with E-state index in [1.165, 1.54) is 18.2 Å². The van der Waals surface area contributed by atoms with Crippen LogP contribution < -0.4 is 5.32 Å². The van der Waals surface area contributed by atoms with Crippen LogP contribution in [0.3, 0.4) is 0 Å². The number of amides is 2. The Bertz CT molecular complexity index is 841. The molecule has 1 heterocycles. The number of nitrogens with one attached hydrogen (secondary N) is 1. The highest BCUT2D eigenvalue weighted by Gasteiger charge is 2.28. The smallest absolute Gasteiger partial charge is 0.244 e. The maximum absolute atomic E-state index is 12.9. The molecule has 0 saturated carbocycles. The molecule has 0 aliphatic carbocycles. The number of carbonyl (C=O) groups is 2. The highest BCUT2D eigenvalue weighted by Crippen LogP contribution is 2.24. The van der Waals surface area contributed by atoms with E-state index in [4.69, 9.17) is 0 Å². The highest BCUT2D eigenvalue weighted by molar-refractivity contribution is 5.92. The third kappa shape index (κ3) is 5.76. The van der Waals surface area contributed by atoms with Gasteiger partial charge in [0.05, 0.1) is 5.92 Å². The van der Waals surface area contributed by atoms with Gasteiger partial charge in [0.1, 0.15) is 5.82 Å². The summed E-state index contributed by atoms with van der Waals surface area (Å²) in [4.78, 5) is 27.0. The summed E-state index contributed by atoms with van der Waals surface area (Å²) in [5, 5.41) is 3.00. The molecular formula is C24H27FN2O2. The Labute approximate surface area is 171 Å². The third-order valence-electron chi connectivity index (χ3n) is 5.36. The molecule has 2 aromatic carbocycles. The average molecular weight is 394 g/mol. The lowest BCUT2D eigenvalue weighted by atomic mass is 9.93. The lowest BCUT2D eigenvalue weighted by Gasteiger charge is -2.34.